The largest absolute Gasteiger partial charge is 0.351 e. The van der Waals surface area contributed by atoms with Crippen LogP contribution in [0.3, 0.4) is 0 Å². The number of halogens is 1. The van der Waals surface area contributed by atoms with Gasteiger partial charge in [-0.3, -0.25) is 4.99 Å². The van der Waals surface area contributed by atoms with Crippen molar-refractivity contribution in [2.24, 2.45) is 12.0 Å². The highest BCUT2D eigenvalue weighted by atomic mass is 35.5. The van der Waals surface area contributed by atoms with Crippen molar-refractivity contribution in [3.8, 4) is 0 Å². The van der Waals surface area contributed by atoms with Gasteiger partial charge in [-0.05, 0) is 18.6 Å². The fourth-order valence-corrected chi connectivity index (χ4v) is 2.79. The summed E-state index contributed by atoms with van der Waals surface area (Å²) in [6.07, 6.45) is 1.87. The summed E-state index contributed by atoms with van der Waals surface area (Å²) in [5.74, 6) is 1.63. The molecule has 0 radical (unpaired) electrons. The van der Waals surface area contributed by atoms with Gasteiger partial charge in [0.05, 0.1) is 24.5 Å². The molecule has 2 N–H and O–H groups in total. The lowest BCUT2D eigenvalue weighted by atomic mass is 10.1. The van der Waals surface area contributed by atoms with Crippen LogP contribution in [-0.4, -0.2) is 36.7 Å². The highest BCUT2D eigenvalue weighted by Crippen LogP contribution is 2.21. The molecule has 0 aliphatic carbocycles. The van der Waals surface area contributed by atoms with Crippen LogP contribution in [0.5, 0.6) is 0 Å². The van der Waals surface area contributed by atoms with Gasteiger partial charge in [0.25, 0.3) is 0 Å². The highest BCUT2D eigenvalue weighted by molar-refractivity contribution is 6.31. The molecule has 7 heteroatoms. The van der Waals surface area contributed by atoms with E-state index in [0.29, 0.717) is 6.54 Å². The lowest BCUT2D eigenvalue weighted by Crippen LogP contribution is -2.38. The number of hydrogen-bond acceptors (Lipinski definition) is 3. The minimum atomic E-state index is 0.0498. The molecule has 1 unspecified atom stereocenters. The Morgan fingerprint density at radius 3 is 2.67 bits per heavy atom. The van der Waals surface area contributed by atoms with E-state index < -0.39 is 0 Å². The van der Waals surface area contributed by atoms with Crippen molar-refractivity contribution in [3.63, 3.8) is 0 Å². The number of guanidine groups is 1. The van der Waals surface area contributed by atoms with Crippen molar-refractivity contribution in [2.45, 2.75) is 19.5 Å². The average molecular weight is 349 g/mol. The molecule has 130 valence electrons. The zero-order valence-corrected chi connectivity index (χ0v) is 15.6. The molecule has 1 aromatic carbocycles. The van der Waals surface area contributed by atoms with E-state index in [9.17, 15) is 0 Å². The molecule has 0 saturated carbocycles. The van der Waals surface area contributed by atoms with Crippen LogP contribution in [0, 0.1) is 0 Å². The van der Waals surface area contributed by atoms with E-state index >= 15 is 0 Å². The van der Waals surface area contributed by atoms with E-state index in [2.05, 4.69) is 32.1 Å². The monoisotopic (exact) mass is 348 g/mol. The standard InChI is InChI=1S/C17H25ClN6/c1-12(14-8-6-7-9-15(14)18)22-16(19-2)20-10-13-11-21-17(23(3)4)24(13)5/h6-9,11-12H,10H2,1-5H3,(H2,19,20,22). The van der Waals surface area contributed by atoms with Crippen LogP contribution in [0.1, 0.15) is 24.2 Å². The normalized spacial score (nSPS) is 12.8. The number of imidazole rings is 1. The predicted octanol–water partition coefficient (Wildman–Crippen LogP) is 2.57. The number of nitrogens with zero attached hydrogens (tertiary/aromatic N) is 4. The Hall–Kier alpha value is -2.21. The van der Waals surface area contributed by atoms with Crippen LogP contribution in [-0.2, 0) is 13.6 Å². The predicted molar refractivity (Wildman–Crippen MR) is 101 cm³/mol. The maximum atomic E-state index is 6.26. The van der Waals surface area contributed by atoms with Crippen molar-refractivity contribution in [1.29, 1.82) is 0 Å². The first-order valence-electron chi connectivity index (χ1n) is 7.83. The van der Waals surface area contributed by atoms with Crippen LogP contribution in [0.15, 0.2) is 35.5 Å². The topological polar surface area (TPSA) is 57.5 Å². The Morgan fingerprint density at radius 1 is 1.38 bits per heavy atom. The summed E-state index contributed by atoms with van der Waals surface area (Å²) in [6, 6.07) is 7.86. The fourth-order valence-electron chi connectivity index (χ4n) is 2.49. The summed E-state index contributed by atoms with van der Waals surface area (Å²) in [5, 5.41) is 7.42. The maximum absolute atomic E-state index is 6.26. The Kier molecular flexibility index (Phi) is 6.09. The van der Waals surface area contributed by atoms with Crippen LogP contribution < -0.4 is 15.5 Å². The van der Waals surface area contributed by atoms with E-state index in [4.69, 9.17) is 11.6 Å². The van der Waals surface area contributed by atoms with Gasteiger partial charge in [0.1, 0.15) is 0 Å². The van der Waals surface area contributed by atoms with E-state index in [-0.39, 0.29) is 6.04 Å². The second kappa shape index (κ2) is 8.06. The Bertz CT molecular complexity index is 707. The number of aliphatic imine (C=N–C) groups is 1. The summed E-state index contributed by atoms with van der Waals surface area (Å²) in [4.78, 5) is 10.7. The zero-order chi connectivity index (χ0) is 17.7. The average Bonchev–Trinajstić information content (AvgIpc) is 2.92. The quantitative estimate of drug-likeness (QED) is 0.644. The van der Waals surface area contributed by atoms with Gasteiger partial charge in [-0.2, -0.15) is 0 Å². The second-order valence-corrected chi connectivity index (χ2v) is 6.22. The smallest absolute Gasteiger partial charge is 0.204 e. The molecule has 0 fully saturated rings. The molecule has 6 nitrogen and oxygen atoms in total. The van der Waals surface area contributed by atoms with Gasteiger partial charge in [-0.25, -0.2) is 4.98 Å². The van der Waals surface area contributed by atoms with Crippen LogP contribution in [0.4, 0.5) is 5.95 Å². The minimum absolute atomic E-state index is 0.0498. The van der Waals surface area contributed by atoms with Crippen LogP contribution >= 0.6 is 11.6 Å². The van der Waals surface area contributed by atoms with Crippen molar-refractivity contribution < 1.29 is 0 Å². The molecule has 0 aliphatic rings. The lowest BCUT2D eigenvalue weighted by Gasteiger charge is -2.19. The van der Waals surface area contributed by atoms with Gasteiger partial charge in [0.2, 0.25) is 5.95 Å². The van der Waals surface area contributed by atoms with E-state index in [1.807, 2.05) is 56.5 Å². The molecule has 0 amide bonds. The van der Waals surface area contributed by atoms with E-state index in [0.717, 1.165) is 28.2 Å². The lowest BCUT2D eigenvalue weighted by molar-refractivity contribution is 0.676. The zero-order valence-electron chi connectivity index (χ0n) is 14.8. The SMILES string of the molecule is CN=C(NCc1cnc(N(C)C)n1C)NC(C)c1ccccc1Cl. The molecule has 0 saturated heterocycles. The number of aromatic nitrogens is 2. The van der Waals surface area contributed by atoms with Gasteiger partial charge in [0, 0.05) is 33.2 Å². The number of anilines is 1. The number of rotatable bonds is 5. The molecule has 24 heavy (non-hydrogen) atoms. The fraction of sp³-hybridized carbons (Fsp3) is 0.412. The third-order valence-corrected chi connectivity index (χ3v) is 4.19. The molecule has 1 atom stereocenters. The molecule has 2 rings (SSSR count). The highest BCUT2D eigenvalue weighted by Gasteiger charge is 2.12. The first-order valence-corrected chi connectivity index (χ1v) is 8.21. The third kappa shape index (κ3) is 4.20. The third-order valence-electron chi connectivity index (χ3n) is 3.85. The van der Waals surface area contributed by atoms with Gasteiger partial charge < -0.3 is 20.1 Å². The number of hydrogen-bond donors (Lipinski definition) is 2. The molecule has 0 spiro atoms. The van der Waals surface area contributed by atoms with Gasteiger partial charge in [0.15, 0.2) is 5.96 Å². The van der Waals surface area contributed by atoms with Crippen molar-refractivity contribution in [2.75, 3.05) is 26.0 Å². The summed E-state index contributed by atoms with van der Waals surface area (Å²) < 4.78 is 2.05. The molecular weight excluding hydrogens is 324 g/mol. The minimum Gasteiger partial charge on any atom is -0.351 e. The molecule has 2 aromatic rings. The molecule has 1 aromatic heterocycles. The maximum Gasteiger partial charge on any atom is 0.204 e. The van der Waals surface area contributed by atoms with Gasteiger partial charge in [-0.15, -0.1) is 0 Å². The Balaban J connectivity index is 1.99. The van der Waals surface area contributed by atoms with Gasteiger partial charge >= 0.3 is 0 Å². The van der Waals surface area contributed by atoms with E-state index in [1.54, 1.807) is 7.05 Å². The molecule has 0 bridgehead atoms. The molecule has 0 aliphatic heterocycles. The summed E-state index contributed by atoms with van der Waals surface area (Å²) >= 11 is 6.26. The van der Waals surface area contributed by atoms with Crippen LogP contribution in [0.2, 0.25) is 5.02 Å². The Labute approximate surface area is 148 Å². The Morgan fingerprint density at radius 2 is 2.08 bits per heavy atom. The first-order chi connectivity index (χ1) is 11.4. The van der Waals surface area contributed by atoms with Crippen LogP contribution in [0.25, 0.3) is 0 Å². The van der Waals surface area contributed by atoms with E-state index in [1.165, 1.54) is 0 Å². The summed E-state index contributed by atoms with van der Waals surface area (Å²) in [5.41, 5.74) is 2.12. The van der Waals surface area contributed by atoms with Crippen molar-refractivity contribution >= 4 is 23.5 Å². The molecule has 1 heterocycles. The summed E-state index contributed by atoms with van der Waals surface area (Å²) in [7, 11) is 7.71. The number of benzene rings is 1. The number of nitrogens with one attached hydrogen (secondary N) is 2. The summed E-state index contributed by atoms with van der Waals surface area (Å²) in [6.45, 7) is 2.69. The van der Waals surface area contributed by atoms with Crippen molar-refractivity contribution in [3.05, 3.63) is 46.7 Å². The first kappa shape index (κ1) is 18.1. The van der Waals surface area contributed by atoms with Gasteiger partial charge in [-0.1, -0.05) is 29.8 Å². The second-order valence-electron chi connectivity index (χ2n) is 5.82. The molecular formula is C17H25ClN6. The van der Waals surface area contributed by atoms with Crippen molar-refractivity contribution in [1.82, 2.24) is 20.2 Å².